The quantitative estimate of drug-likeness (QED) is 0.833. The number of piperidine rings is 1. The highest BCUT2D eigenvalue weighted by Gasteiger charge is 2.21. The van der Waals surface area contributed by atoms with Crippen molar-refractivity contribution in [2.45, 2.75) is 19.4 Å². The van der Waals surface area contributed by atoms with E-state index in [4.69, 9.17) is 16.3 Å². The number of carbonyl (C=O) groups is 1. The van der Waals surface area contributed by atoms with Gasteiger partial charge in [-0.1, -0.05) is 41.9 Å². The average molecular weight is 373 g/mol. The summed E-state index contributed by atoms with van der Waals surface area (Å²) in [7, 11) is 1.56. The molecule has 5 heteroatoms. The maximum absolute atomic E-state index is 12.5. The van der Waals surface area contributed by atoms with E-state index in [0.29, 0.717) is 28.8 Å². The molecule has 0 aliphatic carbocycles. The first-order valence-corrected chi connectivity index (χ1v) is 9.41. The second kappa shape index (κ2) is 9.06. The van der Waals surface area contributed by atoms with Crippen LogP contribution in [-0.2, 0) is 6.54 Å². The van der Waals surface area contributed by atoms with Crippen LogP contribution in [-0.4, -0.2) is 37.6 Å². The summed E-state index contributed by atoms with van der Waals surface area (Å²) in [6.45, 7) is 3.82. The van der Waals surface area contributed by atoms with E-state index in [1.54, 1.807) is 25.3 Å². The summed E-state index contributed by atoms with van der Waals surface area (Å²) in [5.74, 6) is 0.928. The summed E-state index contributed by atoms with van der Waals surface area (Å²) in [6.07, 6.45) is 2.19. The molecule has 138 valence electrons. The summed E-state index contributed by atoms with van der Waals surface area (Å²) in [5, 5.41) is 3.57. The minimum absolute atomic E-state index is 0.129. The molecular weight excluding hydrogens is 348 g/mol. The monoisotopic (exact) mass is 372 g/mol. The zero-order chi connectivity index (χ0) is 18.4. The molecule has 4 nitrogen and oxygen atoms in total. The van der Waals surface area contributed by atoms with Gasteiger partial charge in [-0.25, -0.2) is 0 Å². The van der Waals surface area contributed by atoms with E-state index in [0.717, 1.165) is 32.5 Å². The number of ether oxygens (including phenoxy) is 1. The van der Waals surface area contributed by atoms with E-state index in [9.17, 15) is 4.79 Å². The van der Waals surface area contributed by atoms with Gasteiger partial charge in [0.1, 0.15) is 5.75 Å². The van der Waals surface area contributed by atoms with Gasteiger partial charge in [-0.15, -0.1) is 0 Å². The van der Waals surface area contributed by atoms with Gasteiger partial charge in [0.2, 0.25) is 0 Å². The molecule has 3 rings (SSSR count). The Balaban J connectivity index is 1.46. The van der Waals surface area contributed by atoms with Gasteiger partial charge in [0.25, 0.3) is 5.91 Å². The highest BCUT2D eigenvalue weighted by molar-refractivity contribution is 6.31. The third-order valence-corrected chi connectivity index (χ3v) is 5.15. The molecule has 1 N–H and O–H groups in total. The largest absolute Gasteiger partial charge is 0.496 e. The van der Waals surface area contributed by atoms with E-state index in [1.165, 1.54) is 5.56 Å². The predicted octanol–water partition coefficient (Wildman–Crippen LogP) is 3.99. The molecule has 1 fully saturated rings. The van der Waals surface area contributed by atoms with Crippen molar-refractivity contribution < 1.29 is 9.53 Å². The van der Waals surface area contributed by atoms with Gasteiger partial charge in [0, 0.05) is 18.1 Å². The Kier molecular flexibility index (Phi) is 6.53. The Morgan fingerprint density at radius 1 is 1.19 bits per heavy atom. The molecule has 1 saturated heterocycles. The minimum atomic E-state index is -0.129. The zero-order valence-electron chi connectivity index (χ0n) is 15.1. The summed E-state index contributed by atoms with van der Waals surface area (Å²) in [4.78, 5) is 14.9. The van der Waals surface area contributed by atoms with Gasteiger partial charge in [0.15, 0.2) is 0 Å². The maximum Gasteiger partial charge on any atom is 0.255 e. The zero-order valence-corrected chi connectivity index (χ0v) is 15.8. The molecule has 1 heterocycles. The van der Waals surface area contributed by atoms with E-state index in [2.05, 4.69) is 34.5 Å². The van der Waals surface area contributed by atoms with Crippen LogP contribution < -0.4 is 10.1 Å². The van der Waals surface area contributed by atoms with Gasteiger partial charge in [-0.2, -0.15) is 0 Å². The van der Waals surface area contributed by atoms with Crippen LogP contribution in [0, 0.1) is 5.92 Å². The number of rotatable bonds is 6. The summed E-state index contributed by atoms with van der Waals surface area (Å²) >= 11 is 6.01. The predicted molar refractivity (Wildman–Crippen MR) is 105 cm³/mol. The molecule has 0 aromatic heterocycles. The number of halogens is 1. The Morgan fingerprint density at radius 2 is 1.92 bits per heavy atom. The minimum Gasteiger partial charge on any atom is -0.496 e. The number of likely N-dealkylation sites (tertiary alicyclic amines) is 1. The lowest BCUT2D eigenvalue weighted by Crippen LogP contribution is -2.38. The lowest BCUT2D eigenvalue weighted by atomic mass is 9.96. The number of hydrogen-bond acceptors (Lipinski definition) is 3. The highest BCUT2D eigenvalue weighted by Crippen LogP contribution is 2.23. The average Bonchev–Trinajstić information content (AvgIpc) is 2.68. The fourth-order valence-corrected chi connectivity index (χ4v) is 3.55. The standard InChI is InChI=1S/C21H25ClN2O2/c1-26-20-8-7-18(22)13-19(20)21(25)23-14-16-9-11-24(12-10-16)15-17-5-3-2-4-6-17/h2-8,13,16H,9-12,14-15H2,1H3,(H,23,25). The molecule has 0 unspecified atom stereocenters. The van der Waals surface area contributed by atoms with Gasteiger partial charge in [-0.3, -0.25) is 9.69 Å². The third kappa shape index (κ3) is 4.99. The number of nitrogens with zero attached hydrogens (tertiary/aromatic N) is 1. The lowest BCUT2D eigenvalue weighted by Gasteiger charge is -2.32. The van der Waals surface area contributed by atoms with Crippen molar-refractivity contribution in [3.8, 4) is 5.75 Å². The Morgan fingerprint density at radius 3 is 2.62 bits per heavy atom. The van der Waals surface area contributed by atoms with Gasteiger partial charge in [-0.05, 0) is 55.6 Å². The van der Waals surface area contributed by atoms with E-state index in [1.807, 2.05) is 6.07 Å². The molecule has 0 radical (unpaired) electrons. The first-order chi connectivity index (χ1) is 12.7. The van der Waals surface area contributed by atoms with E-state index >= 15 is 0 Å². The van der Waals surface area contributed by atoms with Crippen molar-refractivity contribution >= 4 is 17.5 Å². The molecule has 26 heavy (non-hydrogen) atoms. The van der Waals surface area contributed by atoms with Crippen molar-refractivity contribution in [3.63, 3.8) is 0 Å². The van der Waals surface area contributed by atoms with E-state index in [-0.39, 0.29) is 5.91 Å². The maximum atomic E-state index is 12.5. The Labute approximate surface area is 160 Å². The first kappa shape index (κ1) is 18.7. The Bertz CT molecular complexity index is 728. The van der Waals surface area contributed by atoms with E-state index < -0.39 is 0 Å². The number of amides is 1. The van der Waals surface area contributed by atoms with Crippen LogP contribution in [0.2, 0.25) is 5.02 Å². The van der Waals surface area contributed by atoms with Gasteiger partial charge >= 0.3 is 0 Å². The molecule has 0 saturated carbocycles. The van der Waals surface area contributed by atoms with Crippen LogP contribution in [0.4, 0.5) is 0 Å². The van der Waals surface area contributed by atoms with Crippen LogP contribution in [0.3, 0.4) is 0 Å². The number of hydrogen-bond donors (Lipinski definition) is 1. The lowest BCUT2D eigenvalue weighted by molar-refractivity contribution is 0.0932. The van der Waals surface area contributed by atoms with Crippen molar-refractivity contribution in [1.29, 1.82) is 0 Å². The van der Waals surface area contributed by atoms with Crippen LogP contribution in [0.1, 0.15) is 28.8 Å². The number of carbonyl (C=O) groups excluding carboxylic acids is 1. The molecule has 0 atom stereocenters. The second-order valence-electron chi connectivity index (χ2n) is 6.76. The molecule has 1 aliphatic heterocycles. The Hall–Kier alpha value is -2.04. The number of benzene rings is 2. The molecule has 1 amide bonds. The van der Waals surface area contributed by atoms with Crippen molar-refractivity contribution in [3.05, 3.63) is 64.7 Å². The summed E-state index contributed by atoms with van der Waals surface area (Å²) in [6, 6.07) is 15.7. The summed E-state index contributed by atoms with van der Waals surface area (Å²) < 4.78 is 5.26. The van der Waals surface area contributed by atoms with Crippen molar-refractivity contribution in [2.24, 2.45) is 5.92 Å². The van der Waals surface area contributed by atoms with Crippen LogP contribution in [0.25, 0.3) is 0 Å². The molecule has 2 aromatic carbocycles. The van der Waals surface area contributed by atoms with Crippen LogP contribution in [0.15, 0.2) is 48.5 Å². The van der Waals surface area contributed by atoms with Gasteiger partial charge < -0.3 is 10.1 Å². The number of methoxy groups -OCH3 is 1. The SMILES string of the molecule is COc1ccc(Cl)cc1C(=O)NCC1CCN(Cc2ccccc2)CC1. The third-order valence-electron chi connectivity index (χ3n) is 4.91. The molecular formula is C21H25ClN2O2. The van der Waals surface area contributed by atoms with Crippen LogP contribution >= 0.6 is 11.6 Å². The van der Waals surface area contributed by atoms with Crippen molar-refractivity contribution in [1.82, 2.24) is 10.2 Å². The smallest absolute Gasteiger partial charge is 0.255 e. The molecule has 1 aliphatic rings. The molecule has 0 bridgehead atoms. The van der Waals surface area contributed by atoms with Crippen LogP contribution in [0.5, 0.6) is 5.75 Å². The first-order valence-electron chi connectivity index (χ1n) is 9.03. The normalized spacial score (nSPS) is 15.6. The van der Waals surface area contributed by atoms with Gasteiger partial charge in [0.05, 0.1) is 12.7 Å². The fourth-order valence-electron chi connectivity index (χ4n) is 3.38. The van der Waals surface area contributed by atoms with Crippen molar-refractivity contribution in [2.75, 3.05) is 26.7 Å². The second-order valence-corrected chi connectivity index (χ2v) is 7.20. The molecule has 0 spiro atoms. The fraction of sp³-hybridized carbons (Fsp3) is 0.381. The highest BCUT2D eigenvalue weighted by atomic mass is 35.5. The topological polar surface area (TPSA) is 41.6 Å². The molecule has 2 aromatic rings. The summed E-state index contributed by atoms with van der Waals surface area (Å²) in [5.41, 5.74) is 1.84. The number of nitrogens with one attached hydrogen (secondary N) is 1.